The van der Waals surface area contributed by atoms with Gasteiger partial charge in [-0.3, -0.25) is 4.79 Å². The van der Waals surface area contributed by atoms with Gasteiger partial charge in [0.1, 0.15) is 23.1 Å². The number of allylic oxidation sites excluding steroid dienone is 1. The molecule has 0 atom stereocenters. The highest BCUT2D eigenvalue weighted by molar-refractivity contribution is 6.09. The zero-order valence-electron chi connectivity index (χ0n) is 14.6. The number of carbonyl (C=O) groups excluding carboxylic acids is 1. The highest BCUT2D eigenvalue weighted by Crippen LogP contribution is 2.27. The summed E-state index contributed by atoms with van der Waals surface area (Å²) >= 11 is 0. The molecule has 5 nitrogen and oxygen atoms in total. The summed E-state index contributed by atoms with van der Waals surface area (Å²) in [5.74, 6) is 0.643. The first-order valence-electron chi connectivity index (χ1n) is 7.53. The average molecular weight is 345 g/mol. The minimum absolute atomic E-state index is 0.0834. The Kier molecular flexibility index (Phi) is 6.00. The van der Waals surface area contributed by atoms with E-state index < -0.39 is 0 Å². The first-order chi connectivity index (χ1) is 11.9. The molecule has 0 amide bonds. The van der Waals surface area contributed by atoms with E-state index in [1.807, 2.05) is 0 Å². The van der Waals surface area contributed by atoms with Gasteiger partial charge in [-0.25, -0.2) is 4.39 Å². The second-order valence-corrected chi connectivity index (χ2v) is 5.41. The Hall–Kier alpha value is -3.02. The van der Waals surface area contributed by atoms with Gasteiger partial charge in [0, 0.05) is 26.4 Å². The van der Waals surface area contributed by atoms with E-state index in [0.717, 1.165) is 0 Å². The van der Waals surface area contributed by atoms with E-state index >= 15 is 0 Å². The molecule has 0 bridgehead atoms. The molecule has 0 heterocycles. The number of nitrogens with zero attached hydrogens (tertiary/aromatic N) is 1. The Bertz CT molecular complexity index is 769. The van der Waals surface area contributed by atoms with Gasteiger partial charge in [-0.05, 0) is 36.4 Å². The fraction of sp³-hybridized carbons (Fsp3) is 0.211. The Morgan fingerprint density at radius 2 is 1.64 bits per heavy atom. The number of methoxy groups -OCH3 is 2. The van der Waals surface area contributed by atoms with Gasteiger partial charge in [0.25, 0.3) is 0 Å². The lowest BCUT2D eigenvalue weighted by atomic mass is 10.1. The molecule has 0 fully saturated rings. The molecule has 0 aliphatic heterocycles. The molecule has 0 aliphatic carbocycles. The van der Waals surface area contributed by atoms with Crippen LogP contribution < -0.4 is 14.2 Å². The Balaban J connectivity index is 2.38. The fourth-order valence-electron chi connectivity index (χ4n) is 2.11. The van der Waals surface area contributed by atoms with Crippen LogP contribution in [0.3, 0.4) is 0 Å². The van der Waals surface area contributed by atoms with Gasteiger partial charge in [-0.1, -0.05) is 0 Å². The molecule has 25 heavy (non-hydrogen) atoms. The van der Waals surface area contributed by atoms with E-state index in [-0.39, 0.29) is 17.4 Å². The summed E-state index contributed by atoms with van der Waals surface area (Å²) in [7, 11) is 6.55. The third-order valence-electron chi connectivity index (χ3n) is 3.29. The molecule has 2 rings (SSSR count). The van der Waals surface area contributed by atoms with Gasteiger partial charge in [-0.2, -0.15) is 0 Å². The number of Topliss-reactive ketones (excluding diaryl/α,β-unsaturated/α-hetero) is 1. The Morgan fingerprint density at radius 1 is 1.00 bits per heavy atom. The van der Waals surface area contributed by atoms with Crippen molar-refractivity contribution in [1.29, 1.82) is 0 Å². The molecule has 6 heteroatoms. The second-order valence-electron chi connectivity index (χ2n) is 5.41. The van der Waals surface area contributed by atoms with Crippen molar-refractivity contribution in [2.75, 3.05) is 28.3 Å². The molecule has 0 aliphatic rings. The zero-order valence-corrected chi connectivity index (χ0v) is 14.6. The molecule has 2 aromatic carbocycles. The highest BCUT2D eigenvalue weighted by Gasteiger charge is 2.20. The van der Waals surface area contributed by atoms with Crippen LogP contribution in [0.2, 0.25) is 0 Å². The standard InChI is InChI=1S/C19H20FNO4/c1-21(2)12-18(25-14-7-5-13(20)6-8-14)19(22)16-10-9-15(23-3)11-17(16)24-4/h5-12H,1-4H3. The molecule has 0 aromatic heterocycles. The molecule has 0 N–H and O–H groups in total. The smallest absolute Gasteiger partial charge is 0.233 e. The van der Waals surface area contributed by atoms with Crippen molar-refractivity contribution in [3.8, 4) is 17.2 Å². The summed E-state index contributed by atoms with van der Waals surface area (Å²) in [4.78, 5) is 14.6. The third kappa shape index (κ3) is 4.73. The van der Waals surface area contributed by atoms with Crippen LogP contribution in [0.1, 0.15) is 10.4 Å². The number of hydrogen-bond donors (Lipinski definition) is 0. The van der Waals surface area contributed by atoms with Gasteiger partial charge in [0.15, 0.2) is 5.76 Å². The van der Waals surface area contributed by atoms with Crippen molar-refractivity contribution in [3.63, 3.8) is 0 Å². The predicted octanol–water partition coefficient (Wildman–Crippen LogP) is 3.51. The lowest BCUT2D eigenvalue weighted by Crippen LogP contribution is -2.15. The number of rotatable bonds is 7. The summed E-state index contributed by atoms with van der Waals surface area (Å²) in [5, 5.41) is 0. The van der Waals surface area contributed by atoms with Gasteiger partial charge >= 0.3 is 0 Å². The first-order valence-corrected chi connectivity index (χ1v) is 7.53. The minimum atomic E-state index is -0.381. The lowest BCUT2D eigenvalue weighted by Gasteiger charge is -2.15. The van der Waals surface area contributed by atoms with Crippen LogP contribution in [0.4, 0.5) is 4.39 Å². The lowest BCUT2D eigenvalue weighted by molar-refractivity contribution is 0.0979. The Labute approximate surface area is 146 Å². The van der Waals surface area contributed by atoms with Crippen molar-refractivity contribution in [1.82, 2.24) is 4.90 Å². The summed E-state index contributed by atoms with van der Waals surface area (Å²) in [6.07, 6.45) is 1.55. The third-order valence-corrected chi connectivity index (χ3v) is 3.29. The largest absolute Gasteiger partial charge is 0.497 e. The van der Waals surface area contributed by atoms with Crippen LogP contribution >= 0.6 is 0 Å². The monoisotopic (exact) mass is 345 g/mol. The molecule has 0 radical (unpaired) electrons. The number of ketones is 1. The molecule has 0 spiro atoms. The molecule has 2 aromatic rings. The predicted molar refractivity (Wildman–Crippen MR) is 92.7 cm³/mol. The van der Waals surface area contributed by atoms with Crippen molar-refractivity contribution in [2.24, 2.45) is 0 Å². The highest BCUT2D eigenvalue weighted by atomic mass is 19.1. The van der Waals surface area contributed by atoms with Crippen LogP contribution in [-0.4, -0.2) is 39.0 Å². The van der Waals surface area contributed by atoms with E-state index in [4.69, 9.17) is 14.2 Å². The Morgan fingerprint density at radius 3 is 2.20 bits per heavy atom. The quantitative estimate of drug-likeness (QED) is 0.437. The minimum Gasteiger partial charge on any atom is -0.497 e. The average Bonchev–Trinajstić information content (AvgIpc) is 2.61. The van der Waals surface area contributed by atoms with Crippen LogP contribution in [0.15, 0.2) is 54.4 Å². The van der Waals surface area contributed by atoms with E-state index in [1.54, 1.807) is 43.4 Å². The van der Waals surface area contributed by atoms with Crippen molar-refractivity contribution in [2.45, 2.75) is 0 Å². The molecule has 0 unspecified atom stereocenters. The van der Waals surface area contributed by atoms with Gasteiger partial charge in [0.2, 0.25) is 5.78 Å². The van der Waals surface area contributed by atoms with Gasteiger partial charge in [0.05, 0.1) is 19.8 Å². The number of benzene rings is 2. The van der Waals surface area contributed by atoms with Crippen molar-refractivity contribution >= 4 is 5.78 Å². The van der Waals surface area contributed by atoms with Crippen molar-refractivity contribution in [3.05, 3.63) is 65.8 Å². The second kappa shape index (κ2) is 8.19. The molecule has 132 valence electrons. The van der Waals surface area contributed by atoms with Crippen LogP contribution in [-0.2, 0) is 0 Å². The maximum absolute atomic E-state index is 13.1. The van der Waals surface area contributed by atoms with E-state index in [0.29, 0.717) is 22.8 Å². The van der Waals surface area contributed by atoms with Gasteiger partial charge in [-0.15, -0.1) is 0 Å². The molecule has 0 saturated heterocycles. The topological polar surface area (TPSA) is 48.0 Å². The zero-order chi connectivity index (χ0) is 18.4. The fourth-order valence-corrected chi connectivity index (χ4v) is 2.11. The van der Waals surface area contributed by atoms with E-state index in [9.17, 15) is 9.18 Å². The summed E-state index contributed by atoms with van der Waals surface area (Å²) in [6.45, 7) is 0. The van der Waals surface area contributed by atoms with Crippen molar-refractivity contribution < 1.29 is 23.4 Å². The SMILES string of the molecule is COc1ccc(C(=O)C(=CN(C)C)Oc2ccc(F)cc2)c(OC)c1. The summed E-state index contributed by atoms with van der Waals surface area (Å²) < 4.78 is 29.1. The molecular formula is C19H20FNO4. The van der Waals surface area contributed by atoms with E-state index in [2.05, 4.69) is 0 Å². The number of ether oxygens (including phenoxy) is 3. The maximum atomic E-state index is 13.1. The number of hydrogen-bond acceptors (Lipinski definition) is 5. The number of carbonyl (C=O) groups is 1. The van der Waals surface area contributed by atoms with E-state index in [1.165, 1.54) is 38.5 Å². The van der Waals surface area contributed by atoms with Gasteiger partial charge < -0.3 is 19.1 Å². The van der Waals surface area contributed by atoms with Crippen LogP contribution in [0.25, 0.3) is 0 Å². The van der Waals surface area contributed by atoms with Crippen LogP contribution in [0.5, 0.6) is 17.2 Å². The number of halogens is 1. The summed E-state index contributed by atoms with van der Waals surface area (Å²) in [6, 6.07) is 10.3. The molecular weight excluding hydrogens is 325 g/mol. The normalized spacial score (nSPS) is 11.0. The first kappa shape index (κ1) is 18.3. The maximum Gasteiger partial charge on any atom is 0.233 e. The van der Waals surface area contributed by atoms with Crippen LogP contribution in [0, 0.1) is 5.82 Å². The molecule has 0 saturated carbocycles. The summed E-state index contributed by atoms with van der Waals surface area (Å²) in [5.41, 5.74) is 0.332.